The number of nitrogens with one attached hydrogen (secondary N) is 1. The molecule has 2 rings (SSSR count). The van der Waals surface area contributed by atoms with Crippen molar-refractivity contribution < 1.29 is 9.50 Å². The Balaban J connectivity index is 0.000000845. The van der Waals surface area contributed by atoms with Crippen LogP contribution in [0.25, 0.3) is 0 Å². The molecule has 13 heavy (non-hydrogen) atoms. The summed E-state index contributed by atoms with van der Waals surface area (Å²) in [5.74, 6) is -0.237. The van der Waals surface area contributed by atoms with Crippen molar-refractivity contribution in [3.63, 3.8) is 0 Å². The molecule has 0 saturated heterocycles. The van der Waals surface area contributed by atoms with Gasteiger partial charge in [0, 0.05) is 24.2 Å². The highest BCUT2D eigenvalue weighted by Gasteiger charge is 2.18. The standard InChI is InChI=1S/C9H10FNO.ClH/c10-8-2-1-3-9-7(8)4-6(12)5-11-9;/h1-3,6,11-12H,4-5H2;1H. The van der Waals surface area contributed by atoms with E-state index in [-0.39, 0.29) is 18.2 Å². The Morgan fingerprint density at radius 3 is 3.00 bits per heavy atom. The topological polar surface area (TPSA) is 32.3 Å². The normalized spacial score (nSPS) is 19.7. The van der Waals surface area contributed by atoms with Crippen LogP contribution in [0.4, 0.5) is 10.1 Å². The Morgan fingerprint density at radius 1 is 1.46 bits per heavy atom. The van der Waals surface area contributed by atoms with Gasteiger partial charge in [0.2, 0.25) is 0 Å². The minimum atomic E-state index is -0.464. The van der Waals surface area contributed by atoms with Gasteiger partial charge in [0.25, 0.3) is 0 Å². The van der Waals surface area contributed by atoms with E-state index in [9.17, 15) is 9.50 Å². The number of anilines is 1. The molecule has 72 valence electrons. The molecule has 0 aromatic heterocycles. The number of fused-ring (bicyclic) bond motifs is 1. The number of halogens is 2. The summed E-state index contributed by atoms with van der Waals surface area (Å²) in [7, 11) is 0. The predicted molar refractivity (Wildman–Crippen MR) is 51.8 cm³/mol. The van der Waals surface area contributed by atoms with Crippen LogP contribution in [-0.4, -0.2) is 17.8 Å². The fourth-order valence-corrected chi connectivity index (χ4v) is 1.47. The first-order valence-corrected chi connectivity index (χ1v) is 3.96. The zero-order valence-corrected chi connectivity index (χ0v) is 7.77. The summed E-state index contributed by atoms with van der Waals surface area (Å²) in [5, 5.41) is 12.2. The van der Waals surface area contributed by atoms with Crippen LogP contribution >= 0.6 is 12.4 Å². The average Bonchev–Trinajstić information content (AvgIpc) is 2.07. The second kappa shape index (κ2) is 3.94. The number of aliphatic hydroxyl groups excluding tert-OH is 1. The van der Waals surface area contributed by atoms with Crippen LogP contribution in [0.5, 0.6) is 0 Å². The van der Waals surface area contributed by atoms with Gasteiger partial charge < -0.3 is 10.4 Å². The van der Waals surface area contributed by atoms with Crippen molar-refractivity contribution in [2.24, 2.45) is 0 Å². The Labute approximate surface area is 82.2 Å². The molecule has 0 fully saturated rings. The number of hydrogen-bond donors (Lipinski definition) is 2. The molecule has 1 unspecified atom stereocenters. The third-order valence-corrected chi connectivity index (χ3v) is 2.09. The first-order valence-electron chi connectivity index (χ1n) is 3.96. The van der Waals surface area contributed by atoms with Crippen molar-refractivity contribution in [1.29, 1.82) is 0 Å². The van der Waals surface area contributed by atoms with Gasteiger partial charge >= 0.3 is 0 Å². The van der Waals surface area contributed by atoms with E-state index in [1.165, 1.54) is 6.07 Å². The summed E-state index contributed by atoms with van der Waals surface area (Å²) in [6.45, 7) is 0.510. The zero-order chi connectivity index (χ0) is 8.55. The minimum Gasteiger partial charge on any atom is -0.391 e. The summed E-state index contributed by atoms with van der Waals surface area (Å²) in [5.41, 5.74) is 1.40. The summed E-state index contributed by atoms with van der Waals surface area (Å²) in [6.07, 6.45) is -0.0518. The molecule has 0 bridgehead atoms. The van der Waals surface area contributed by atoms with Crippen LogP contribution in [0.2, 0.25) is 0 Å². The molecule has 1 atom stereocenters. The van der Waals surface area contributed by atoms with Crippen molar-refractivity contribution in [1.82, 2.24) is 0 Å². The molecule has 0 spiro atoms. The molecule has 0 radical (unpaired) electrons. The number of β-amino-alcohol motifs (C(OH)–C–C–N with tert-alkyl or cyclic N) is 1. The van der Waals surface area contributed by atoms with Gasteiger partial charge in [-0.05, 0) is 12.1 Å². The average molecular weight is 204 g/mol. The number of hydrogen-bond acceptors (Lipinski definition) is 2. The third-order valence-electron chi connectivity index (χ3n) is 2.09. The van der Waals surface area contributed by atoms with Crippen molar-refractivity contribution in [2.75, 3.05) is 11.9 Å². The van der Waals surface area contributed by atoms with Crippen molar-refractivity contribution >= 4 is 18.1 Å². The van der Waals surface area contributed by atoms with E-state index in [0.717, 1.165) is 5.69 Å². The fraction of sp³-hybridized carbons (Fsp3) is 0.333. The van der Waals surface area contributed by atoms with Crippen LogP contribution in [0.15, 0.2) is 18.2 Å². The largest absolute Gasteiger partial charge is 0.391 e. The molecule has 0 aliphatic carbocycles. The predicted octanol–water partition coefficient (Wildman–Crippen LogP) is 1.58. The summed E-state index contributed by atoms with van der Waals surface area (Å²) in [4.78, 5) is 0. The third kappa shape index (κ3) is 1.92. The van der Waals surface area contributed by atoms with Crippen molar-refractivity contribution in [3.05, 3.63) is 29.6 Å². The summed E-state index contributed by atoms with van der Waals surface area (Å²) in [6, 6.07) is 4.90. The molecule has 1 aliphatic rings. The van der Waals surface area contributed by atoms with E-state index in [2.05, 4.69) is 5.32 Å². The Morgan fingerprint density at radius 2 is 2.23 bits per heavy atom. The Kier molecular flexibility index (Phi) is 3.12. The fourth-order valence-electron chi connectivity index (χ4n) is 1.47. The second-order valence-electron chi connectivity index (χ2n) is 3.00. The maximum atomic E-state index is 13.1. The zero-order valence-electron chi connectivity index (χ0n) is 6.96. The van der Waals surface area contributed by atoms with Crippen molar-refractivity contribution in [2.45, 2.75) is 12.5 Å². The van der Waals surface area contributed by atoms with Crippen LogP contribution < -0.4 is 5.32 Å². The van der Waals surface area contributed by atoms with Crippen LogP contribution in [0.1, 0.15) is 5.56 Å². The lowest BCUT2D eigenvalue weighted by molar-refractivity contribution is 0.183. The number of rotatable bonds is 0. The SMILES string of the molecule is Cl.OC1CNc2cccc(F)c2C1. The lowest BCUT2D eigenvalue weighted by Crippen LogP contribution is -2.28. The minimum absolute atomic E-state index is 0. The van der Waals surface area contributed by atoms with Crippen molar-refractivity contribution in [3.8, 4) is 0 Å². The Bertz CT molecular complexity index is 306. The first kappa shape index (κ1) is 10.3. The molecule has 0 saturated carbocycles. The van der Waals surface area contributed by atoms with Gasteiger partial charge in [0.1, 0.15) is 5.82 Å². The van der Waals surface area contributed by atoms with Gasteiger partial charge in [-0.1, -0.05) is 6.07 Å². The lowest BCUT2D eigenvalue weighted by Gasteiger charge is -2.22. The smallest absolute Gasteiger partial charge is 0.128 e. The highest BCUT2D eigenvalue weighted by atomic mass is 35.5. The molecule has 2 N–H and O–H groups in total. The molecule has 4 heteroatoms. The highest BCUT2D eigenvalue weighted by molar-refractivity contribution is 5.85. The van der Waals surface area contributed by atoms with Crippen LogP contribution in [-0.2, 0) is 6.42 Å². The quantitative estimate of drug-likeness (QED) is 0.671. The van der Waals surface area contributed by atoms with Gasteiger partial charge in [-0.15, -0.1) is 12.4 Å². The molecule has 1 heterocycles. The van der Waals surface area contributed by atoms with E-state index in [1.54, 1.807) is 6.07 Å². The van der Waals surface area contributed by atoms with Gasteiger partial charge in [-0.2, -0.15) is 0 Å². The second-order valence-corrected chi connectivity index (χ2v) is 3.00. The number of aliphatic hydroxyl groups is 1. The Hall–Kier alpha value is -0.800. The molecule has 1 aromatic carbocycles. The molecular weight excluding hydrogens is 193 g/mol. The van der Waals surface area contributed by atoms with Gasteiger partial charge in [-0.25, -0.2) is 4.39 Å². The van der Waals surface area contributed by atoms with Crippen LogP contribution in [0.3, 0.4) is 0 Å². The van der Waals surface area contributed by atoms with Crippen LogP contribution in [0, 0.1) is 5.82 Å². The van der Waals surface area contributed by atoms with E-state index in [1.807, 2.05) is 6.07 Å². The maximum Gasteiger partial charge on any atom is 0.128 e. The molecule has 1 aromatic rings. The number of benzene rings is 1. The first-order chi connectivity index (χ1) is 5.77. The molecule has 0 amide bonds. The summed E-state index contributed by atoms with van der Waals surface area (Å²) >= 11 is 0. The van der Waals surface area contributed by atoms with E-state index in [4.69, 9.17) is 0 Å². The summed E-state index contributed by atoms with van der Waals surface area (Å²) < 4.78 is 13.1. The van der Waals surface area contributed by atoms with Gasteiger partial charge in [0.15, 0.2) is 0 Å². The van der Waals surface area contributed by atoms with E-state index >= 15 is 0 Å². The molecule has 2 nitrogen and oxygen atoms in total. The lowest BCUT2D eigenvalue weighted by atomic mass is 10.0. The molecular formula is C9H11ClFNO. The van der Waals surface area contributed by atoms with Gasteiger partial charge in [0.05, 0.1) is 6.10 Å². The van der Waals surface area contributed by atoms with E-state index < -0.39 is 6.10 Å². The maximum absolute atomic E-state index is 13.1. The highest BCUT2D eigenvalue weighted by Crippen LogP contribution is 2.23. The van der Waals surface area contributed by atoms with Gasteiger partial charge in [-0.3, -0.25) is 0 Å². The molecule has 1 aliphatic heterocycles. The monoisotopic (exact) mass is 203 g/mol. The van der Waals surface area contributed by atoms with E-state index in [0.29, 0.717) is 18.5 Å².